The Morgan fingerprint density at radius 3 is 2.63 bits per heavy atom. The van der Waals surface area contributed by atoms with Crippen molar-refractivity contribution in [2.75, 3.05) is 33.1 Å². The van der Waals surface area contributed by atoms with Crippen molar-refractivity contribution in [2.24, 2.45) is 4.99 Å². The van der Waals surface area contributed by atoms with Crippen LogP contribution in [0.4, 0.5) is 5.69 Å². The second-order valence-electron chi connectivity index (χ2n) is 5.63. The highest BCUT2D eigenvalue weighted by Crippen LogP contribution is 2.30. The van der Waals surface area contributed by atoms with Crippen LogP contribution in [0.2, 0.25) is 0 Å². The summed E-state index contributed by atoms with van der Waals surface area (Å²) in [7, 11) is 4.92. The fourth-order valence-corrected chi connectivity index (χ4v) is 2.49. The van der Waals surface area contributed by atoms with Crippen molar-refractivity contribution in [2.45, 2.75) is 13.5 Å². The number of hydrogen-bond acceptors (Lipinski definition) is 4. The Morgan fingerprint density at radius 1 is 1.15 bits per heavy atom. The van der Waals surface area contributed by atoms with E-state index < -0.39 is 0 Å². The van der Waals surface area contributed by atoms with E-state index in [-0.39, 0.29) is 5.91 Å². The van der Waals surface area contributed by atoms with E-state index in [9.17, 15) is 4.79 Å². The number of nitrogens with one attached hydrogen (secondary N) is 3. The van der Waals surface area contributed by atoms with E-state index in [1.165, 1.54) is 0 Å². The minimum Gasteiger partial charge on any atom is -0.493 e. The Balaban J connectivity index is 2.04. The van der Waals surface area contributed by atoms with Gasteiger partial charge in [0.25, 0.3) is 5.91 Å². The lowest BCUT2D eigenvalue weighted by atomic mass is 10.1. The van der Waals surface area contributed by atoms with E-state index in [1.807, 2.05) is 43.3 Å². The normalized spacial score (nSPS) is 10.9. The lowest BCUT2D eigenvalue weighted by Crippen LogP contribution is -2.30. The van der Waals surface area contributed by atoms with Crippen molar-refractivity contribution in [3.05, 3.63) is 53.6 Å². The van der Waals surface area contributed by atoms with Gasteiger partial charge < -0.3 is 25.4 Å². The summed E-state index contributed by atoms with van der Waals surface area (Å²) < 4.78 is 10.9. The van der Waals surface area contributed by atoms with Gasteiger partial charge in [0.15, 0.2) is 17.5 Å². The zero-order valence-electron chi connectivity index (χ0n) is 16.1. The van der Waals surface area contributed by atoms with Crippen molar-refractivity contribution in [1.82, 2.24) is 10.6 Å². The minimum atomic E-state index is -0.110. The first-order chi connectivity index (χ1) is 13.1. The summed E-state index contributed by atoms with van der Waals surface area (Å²) >= 11 is 0. The standard InChI is InChI=1S/C20H26N4O3/c1-5-27-18-12-16(9-10-17(18)26-4)24-20(22-3)23-13-14-7-6-8-15(11-14)19(25)21-2/h6-12H,5,13H2,1-4H3,(H,21,25)(H2,22,23,24). The van der Waals surface area contributed by atoms with Crippen LogP contribution in [-0.2, 0) is 6.54 Å². The Bertz CT molecular complexity index is 806. The van der Waals surface area contributed by atoms with Gasteiger partial charge in [-0.15, -0.1) is 0 Å². The number of nitrogens with zero attached hydrogens (tertiary/aromatic N) is 1. The van der Waals surface area contributed by atoms with Crippen LogP contribution < -0.4 is 25.4 Å². The average molecular weight is 370 g/mol. The highest BCUT2D eigenvalue weighted by atomic mass is 16.5. The maximum absolute atomic E-state index is 11.7. The molecule has 0 heterocycles. The summed E-state index contributed by atoms with van der Waals surface area (Å²) in [6.07, 6.45) is 0. The summed E-state index contributed by atoms with van der Waals surface area (Å²) in [5, 5.41) is 9.08. The predicted molar refractivity (Wildman–Crippen MR) is 108 cm³/mol. The molecule has 0 aliphatic carbocycles. The third-order valence-corrected chi connectivity index (χ3v) is 3.83. The van der Waals surface area contributed by atoms with Crippen molar-refractivity contribution in [3.63, 3.8) is 0 Å². The van der Waals surface area contributed by atoms with Gasteiger partial charge in [-0.3, -0.25) is 9.79 Å². The van der Waals surface area contributed by atoms with Gasteiger partial charge in [-0.2, -0.15) is 0 Å². The maximum atomic E-state index is 11.7. The van der Waals surface area contributed by atoms with Gasteiger partial charge in [-0.1, -0.05) is 12.1 Å². The van der Waals surface area contributed by atoms with Gasteiger partial charge in [-0.05, 0) is 36.8 Å². The van der Waals surface area contributed by atoms with Gasteiger partial charge in [0.2, 0.25) is 0 Å². The van der Waals surface area contributed by atoms with Crippen molar-refractivity contribution < 1.29 is 14.3 Å². The van der Waals surface area contributed by atoms with E-state index in [1.54, 1.807) is 27.3 Å². The number of benzene rings is 2. The molecule has 2 aromatic carbocycles. The number of carbonyl (C=O) groups excluding carboxylic acids is 1. The molecule has 144 valence electrons. The van der Waals surface area contributed by atoms with Crippen molar-refractivity contribution in [1.29, 1.82) is 0 Å². The highest BCUT2D eigenvalue weighted by Gasteiger charge is 2.08. The number of hydrogen-bond donors (Lipinski definition) is 3. The number of amides is 1. The van der Waals surface area contributed by atoms with Crippen LogP contribution in [0, 0.1) is 0 Å². The van der Waals surface area contributed by atoms with Crippen LogP contribution in [0.5, 0.6) is 11.5 Å². The first kappa shape index (κ1) is 20.1. The monoisotopic (exact) mass is 370 g/mol. The number of carbonyl (C=O) groups is 1. The third kappa shape index (κ3) is 5.64. The maximum Gasteiger partial charge on any atom is 0.251 e. The molecular weight excluding hydrogens is 344 g/mol. The van der Waals surface area contributed by atoms with Crippen LogP contribution in [0.15, 0.2) is 47.5 Å². The van der Waals surface area contributed by atoms with Crippen LogP contribution in [0.3, 0.4) is 0 Å². The van der Waals surface area contributed by atoms with Gasteiger partial charge in [0, 0.05) is 38.0 Å². The molecule has 0 radical (unpaired) electrons. The van der Waals surface area contributed by atoms with Crippen molar-refractivity contribution >= 4 is 17.6 Å². The lowest BCUT2D eigenvalue weighted by molar-refractivity contribution is 0.0963. The molecule has 0 aliphatic rings. The Kier molecular flexibility index (Phi) is 7.49. The summed E-state index contributed by atoms with van der Waals surface area (Å²) in [5.74, 6) is 1.84. The zero-order chi connectivity index (χ0) is 19.6. The molecule has 3 N–H and O–H groups in total. The minimum absolute atomic E-state index is 0.110. The predicted octanol–water partition coefficient (Wildman–Crippen LogP) is 2.64. The van der Waals surface area contributed by atoms with Gasteiger partial charge >= 0.3 is 0 Å². The number of ether oxygens (including phenoxy) is 2. The SMILES string of the molecule is CCOc1cc(NC(=NC)NCc2cccc(C(=O)NC)c2)ccc1OC. The van der Waals surface area contributed by atoms with Gasteiger partial charge in [-0.25, -0.2) is 0 Å². The molecule has 0 bridgehead atoms. The van der Waals surface area contributed by atoms with E-state index in [0.717, 1.165) is 11.3 Å². The molecular formula is C20H26N4O3. The summed E-state index contributed by atoms with van der Waals surface area (Å²) in [6.45, 7) is 3.00. The third-order valence-electron chi connectivity index (χ3n) is 3.83. The Labute approximate surface area is 159 Å². The highest BCUT2D eigenvalue weighted by molar-refractivity contribution is 5.95. The molecule has 0 aliphatic heterocycles. The topological polar surface area (TPSA) is 84.0 Å². The molecule has 0 fully saturated rings. The fraction of sp³-hybridized carbons (Fsp3) is 0.300. The van der Waals surface area contributed by atoms with Crippen LogP contribution in [-0.4, -0.2) is 39.7 Å². The van der Waals surface area contributed by atoms with Crippen molar-refractivity contribution in [3.8, 4) is 11.5 Å². The molecule has 0 atom stereocenters. The summed E-state index contributed by atoms with van der Waals surface area (Å²) in [4.78, 5) is 16.0. The second kappa shape index (κ2) is 10.1. The number of aliphatic imine (C=N–C) groups is 1. The Morgan fingerprint density at radius 2 is 1.96 bits per heavy atom. The van der Waals surface area contributed by atoms with Gasteiger partial charge in [0.1, 0.15) is 0 Å². The molecule has 1 amide bonds. The smallest absolute Gasteiger partial charge is 0.251 e. The first-order valence-electron chi connectivity index (χ1n) is 8.70. The fourth-order valence-electron chi connectivity index (χ4n) is 2.49. The molecule has 0 unspecified atom stereocenters. The van der Waals surface area contributed by atoms with E-state index in [0.29, 0.717) is 36.2 Å². The van der Waals surface area contributed by atoms with Crippen LogP contribution >= 0.6 is 0 Å². The number of methoxy groups -OCH3 is 1. The van der Waals surface area contributed by atoms with E-state index >= 15 is 0 Å². The quantitative estimate of drug-likeness (QED) is 0.515. The zero-order valence-corrected chi connectivity index (χ0v) is 16.1. The molecule has 0 saturated heterocycles. The first-order valence-corrected chi connectivity index (χ1v) is 8.70. The number of anilines is 1. The molecule has 0 spiro atoms. The summed E-state index contributed by atoms with van der Waals surface area (Å²) in [6, 6.07) is 13.0. The molecule has 27 heavy (non-hydrogen) atoms. The number of rotatable bonds is 7. The van der Waals surface area contributed by atoms with E-state index in [4.69, 9.17) is 9.47 Å². The molecule has 7 nitrogen and oxygen atoms in total. The molecule has 0 saturated carbocycles. The molecule has 0 aromatic heterocycles. The van der Waals surface area contributed by atoms with E-state index in [2.05, 4.69) is 20.9 Å². The van der Waals surface area contributed by atoms with Crippen LogP contribution in [0.25, 0.3) is 0 Å². The largest absolute Gasteiger partial charge is 0.493 e. The second-order valence-corrected chi connectivity index (χ2v) is 5.63. The molecule has 2 aromatic rings. The lowest BCUT2D eigenvalue weighted by Gasteiger charge is -2.15. The van der Waals surface area contributed by atoms with Gasteiger partial charge in [0.05, 0.1) is 13.7 Å². The Hall–Kier alpha value is -3.22. The van der Waals surface area contributed by atoms with Crippen LogP contribution in [0.1, 0.15) is 22.8 Å². The average Bonchev–Trinajstić information content (AvgIpc) is 2.71. The molecule has 2 rings (SSSR count). The summed E-state index contributed by atoms with van der Waals surface area (Å²) in [5.41, 5.74) is 2.42. The molecule has 7 heteroatoms. The number of guanidine groups is 1.